The van der Waals surface area contributed by atoms with Crippen LogP contribution in [0.5, 0.6) is 0 Å². The highest BCUT2D eigenvalue weighted by Crippen LogP contribution is 2.32. The highest BCUT2D eigenvalue weighted by atomic mass is 18.2. The minimum absolute atomic E-state index is 0.0391. The lowest BCUT2D eigenvalue weighted by Crippen LogP contribution is -2.33. The summed E-state index contributed by atoms with van der Waals surface area (Å²) in [5.74, 6) is 0.733. The number of piperidine rings is 1. The van der Waals surface area contributed by atoms with Gasteiger partial charge in [-0.3, -0.25) is 9.69 Å². The first-order valence-electron chi connectivity index (χ1n) is 10.7. The van der Waals surface area contributed by atoms with Crippen LogP contribution in [0.3, 0.4) is 0 Å². The Labute approximate surface area is 175 Å². The second-order valence-corrected chi connectivity index (χ2v) is 8.57. The van der Waals surface area contributed by atoms with Gasteiger partial charge >= 0.3 is 0 Å². The average Bonchev–Trinajstić information content (AvgIpc) is 3.33. The number of nitrogens with one attached hydrogen (secondary N) is 1. The number of anilines is 1. The van der Waals surface area contributed by atoms with Gasteiger partial charge in [0, 0.05) is 23.7 Å². The van der Waals surface area contributed by atoms with E-state index in [0.717, 1.165) is 66.0 Å². The quantitative estimate of drug-likeness (QED) is 0.648. The third-order valence-corrected chi connectivity index (χ3v) is 6.48. The van der Waals surface area contributed by atoms with Crippen LogP contribution >= 0.6 is 0 Å². The maximum absolute atomic E-state index is 12.7. The van der Waals surface area contributed by atoms with E-state index in [1.807, 2.05) is 30.3 Å². The van der Waals surface area contributed by atoms with Crippen LogP contribution in [0.25, 0.3) is 11.0 Å². The molecular formula is C24H26FN3O2. The number of aryl methyl sites for hydroxylation is 1. The number of hydrogen-bond acceptors (Lipinski definition) is 4. The first-order valence-corrected chi connectivity index (χ1v) is 10.7. The predicted molar refractivity (Wildman–Crippen MR) is 114 cm³/mol. The zero-order valence-corrected chi connectivity index (χ0v) is 17.0. The standard InChI is InChI=1S/C24H26FN3O2/c25-14-17-1-3-18(4-2-17)15-28-9-7-16(8-10-28)5-6-21-20-11-19-12-24(29)26-22(19)13-23(20)30-27-21/h1-4,11,13,16H,5-10,12,14-15H2,(H,26,29)/i25-1. The van der Waals surface area contributed by atoms with E-state index in [4.69, 9.17) is 4.52 Å². The second kappa shape index (κ2) is 8.19. The summed E-state index contributed by atoms with van der Waals surface area (Å²) in [6, 6.07) is 11.8. The molecule has 0 bridgehead atoms. The monoisotopic (exact) mass is 406 g/mol. The first-order chi connectivity index (χ1) is 14.7. The number of carbonyl (C=O) groups is 1. The van der Waals surface area contributed by atoms with E-state index in [1.165, 1.54) is 18.4 Å². The molecule has 1 amide bonds. The molecule has 30 heavy (non-hydrogen) atoms. The Kier molecular flexibility index (Phi) is 5.25. The third-order valence-electron chi connectivity index (χ3n) is 6.48. The Bertz CT molecular complexity index is 1050. The van der Waals surface area contributed by atoms with Crippen molar-refractivity contribution in [1.29, 1.82) is 0 Å². The molecule has 2 aliphatic heterocycles. The fourth-order valence-corrected chi connectivity index (χ4v) is 4.66. The Hall–Kier alpha value is -2.73. The molecule has 1 N–H and O–H groups in total. The van der Waals surface area contributed by atoms with E-state index in [0.29, 0.717) is 12.3 Å². The maximum atomic E-state index is 12.7. The number of fused-ring (bicyclic) bond motifs is 2. The summed E-state index contributed by atoms with van der Waals surface area (Å²) in [5.41, 5.74) is 5.62. The maximum Gasteiger partial charge on any atom is 0.228 e. The number of rotatable bonds is 6. The number of alkyl halides is 1. The van der Waals surface area contributed by atoms with Gasteiger partial charge in [0.05, 0.1) is 12.1 Å². The molecule has 0 atom stereocenters. The Balaban J connectivity index is 1.15. The summed E-state index contributed by atoms with van der Waals surface area (Å²) in [7, 11) is 0. The molecule has 0 radical (unpaired) electrons. The summed E-state index contributed by atoms with van der Waals surface area (Å²) >= 11 is 0. The normalized spacial score (nSPS) is 17.4. The van der Waals surface area contributed by atoms with Crippen molar-refractivity contribution in [1.82, 2.24) is 10.1 Å². The van der Waals surface area contributed by atoms with Crippen molar-refractivity contribution in [2.75, 3.05) is 18.4 Å². The fraction of sp³-hybridized carbons (Fsp3) is 0.417. The first kappa shape index (κ1) is 19.2. The molecule has 1 aromatic heterocycles. The Morgan fingerprint density at radius 2 is 1.90 bits per heavy atom. The molecule has 1 saturated heterocycles. The van der Waals surface area contributed by atoms with Gasteiger partial charge in [0.25, 0.3) is 0 Å². The van der Waals surface area contributed by atoms with E-state index < -0.39 is 6.67 Å². The molecule has 5 rings (SSSR count). The van der Waals surface area contributed by atoms with Crippen LogP contribution in [0.1, 0.15) is 41.6 Å². The molecule has 1 fully saturated rings. The third kappa shape index (κ3) is 3.97. The van der Waals surface area contributed by atoms with Crippen LogP contribution in [0.15, 0.2) is 40.9 Å². The summed E-state index contributed by atoms with van der Waals surface area (Å²) < 4.78 is 18.2. The van der Waals surface area contributed by atoms with Gasteiger partial charge in [0.15, 0.2) is 5.58 Å². The van der Waals surface area contributed by atoms with Gasteiger partial charge in [-0.2, -0.15) is 0 Å². The van der Waals surface area contributed by atoms with Gasteiger partial charge in [-0.1, -0.05) is 29.4 Å². The number of amides is 1. The van der Waals surface area contributed by atoms with Crippen molar-refractivity contribution in [2.45, 2.75) is 45.3 Å². The lowest BCUT2D eigenvalue weighted by molar-refractivity contribution is -0.115. The van der Waals surface area contributed by atoms with Crippen molar-refractivity contribution in [2.24, 2.45) is 5.92 Å². The molecule has 0 saturated carbocycles. The van der Waals surface area contributed by atoms with Gasteiger partial charge in [-0.25, -0.2) is 4.39 Å². The van der Waals surface area contributed by atoms with Crippen molar-refractivity contribution in [3.8, 4) is 0 Å². The average molecular weight is 406 g/mol. The Morgan fingerprint density at radius 3 is 2.67 bits per heavy atom. The number of aromatic nitrogens is 1. The minimum Gasteiger partial charge on any atom is -0.356 e. The van der Waals surface area contributed by atoms with E-state index in [-0.39, 0.29) is 5.91 Å². The smallest absolute Gasteiger partial charge is 0.228 e. The topological polar surface area (TPSA) is 58.4 Å². The second-order valence-electron chi connectivity index (χ2n) is 8.57. The summed E-state index contributed by atoms with van der Waals surface area (Å²) in [4.78, 5) is 14.1. The molecule has 3 aromatic rings. The van der Waals surface area contributed by atoms with Gasteiger partial charge in [0.2, 0.25) is 5.91 Å². The van der Waals surface area contributed by atoms with Crippen LogP contribution in [-0.4, -0.2) is 29.1 Å². The molecule has 156 valence electrons. The number of halogens is 1. The molecule has 0 unspecified atom stereocenters. The summed E-state index contributed by atoms with van der Waals surface area (Å²) in [5, 5.41) is 8.20. The van der Waals surface area contributed by atoms with Gasteiger partial charge < -0.3 is 9.84 Å². The van der Waals surface area contributed by atoms with Gasteiger partial charge in [-0.15, -0.1) is 0 Å². The van der Waals surface area contributed by atoms with Crippen LogP contribution < -0.4 is 5.32 Å². The van der Waals surface area contributed by atoms with Crippen LogP contribution in [0.4, 0.5) is 10.1 Å². The van der Waals surface area contributed by atoms with Crippen molar-refractivity contribution < 1.29 is 13.7 Å². The largest absolute Gasteiger partial charge is 0.356 e. The van der Waals surface area contributed by atoms with Crippen LogP contribution in [-0.2, 0) is 30.9 Å². The molecule has 3 heterocycles. The van der Waals surface area contributed by atoms with E-state index in [2.05, 4.69) is 21.4 Å². The van der Waals surface area contributed by atoms with Gasteiger partial charge in [-0.05, 0) is 67.4 Å². The molecule has 2 aliphatic rings. The lowest BCUT2D eigenvalue weighted by Gasteiger charge is -2.32. The number of benzene rings is 2. The van der Waals surface area contributed by atoms with Gasteiger partial charge in [0.1, 0.15) is 6.67 Å². The zero-order chi connectivity index (χ0) is 20.5. The molecule has 6 heteroatoms. The predicted octanol–water partition coefficient (Wildman–Crippen LogP) is 4.64. The molecular weight excluding hydrogens is 380 g/mol. The molecule has 0 aliphatic carbocycles. The lowest BCUT2D eigenvalue weighted by atomic mass is 9.91. The molecule has 5 nitrogen and oxygen atoms in total. The van der Waals surface area contributed by atoms with Crippen molar-refractivity contribution >= 4 is 22.6 Å². The van der Waals surface area contributed by atoms with Crippen molar-refractivity contribution in [3.63, 3.8) is 0 Å². The van der Waals surface area contributed by atoms with Crippen LogP contribution in [0.2, 0.25) is 0 Å². The Morgan fingerprint density at radius 1 is 1.13 bits per heavy atom. The summed E-state index contributed by atoms with van der Waals surface area (Å²) in [6.07, 6.45) is 4.82. The minimum atomic E-state index is -0.399. The number of carbonyl (C=O) groups excluding carboxylic acids is 1. The molecule has 0 spiro atoms. The van der Waals surface area contributed by atoms with Crippen molar-refractivity contribution in [3.05, 3.63) is 58.8 Å². The molecule has 2 aromatic carbocycles. The highest BCUT2D eigenvalue weighted by Gasteiger charge is 2.23. The summed E-state index contributed by atoms with van der Waals surface area (Å²) in [6.45, 7) is 2.72. The SMILES string of the molecule is O=C1Cc2cc3c(CCC4CCN(Cc5ccc(C[18F])cc5)CC4)noc3cc2N1. The number of nitrogens with zero attached hydrogens (tertiary/aromatic N) is 2. The number of likely N-dealkylation sites (tertiary alicyclic amines) is 1. The van der Waals surface area contributed by atoms with E-state index in [1.54, 1.807) is 0 Å². The van der Waals surface area contributed by atoms with E-state index in [9.17, 15) is 9.18 Å². The fourth-order valence-electron chi connectivity index (χ4n) is 4.66. The van der Waals surface area contributed by atoms with E-state index >= 15 is 0 Å². The number of hydrogen-bond donors (Lipinski definition) is 1. The zero-order valence-electron chi connectivity index (χ0n) is 17.0. The van der Waals surface area contributed by atoms with Crippen LogP contribution in [0, 0.1) is 5.92 Å². The highest BCUT2D eigenvalue weighted by molar-refractivity contribution is 6.02.